The highest BCUT2D eigenvalue weighted by Crippen LogP contribution is 2.36. The molecule has 2 rings (SSSR count). The van der Waals surface area contributed by atoms with E-state index in [0.29, 0.717) is 5.91 Å². The van der Waals surface area contributed by atoms with E-state index in [2.05, 4.69) is 24.1 Å². The first kappa shape index (κ1) is 14.8. The molecule has 1 saturated carbocycles. The van der Waals surface area contributed by atoms with Gasteiger partial charge in [0.25, 0.3) is 0 Å². The molecule has 0 aromatic heterocycles. The van der Waals surface area contributed by atoms with Crippen LogP contribution in [0.3, 0.4) is 0 Å². The summed E-state index contributed by atoms with van der Waals surface area (Å²) in [4.78, 5) is 14.7. The number of carbonyl (C=O) groups is 1. The second kappa shape index (κ2) is 6.74. The van der Waals surface area contributed by atoms with E-state index >= 15 is 0 Å². The van der Waals surface area contributed by atoms with Gasteiger partial charge in [0.05, 0.1) is 11.7 Å². The van der Waals surface area contributed by atoms with Crippen molar-refractivity contribution in [3.05, 3.63) is 0 Å². The number of hydrogen-bond acceptors (Lipinski definition) is 2. The minimum atomic E-state index is -0.179. The lowest BCUT2D eigenvalue weighted by Crippen LogP contribution is -2.44. The number of unbranched alkanes of at least 4 members (excludes halogenated alkanes) is 5. The lowest BCUT2D eigenvalue weighted by atomic mass is 9.98. The molecule has 2 fully saturated rings. The van der Waals surface area contributed by atoms with Crippen LogP contribution in [0, 0.1) is 0 Å². The second-order valence-electron chi connectivity index (χ2n) is 6.38. The minimum Gasteiger partial charge on any atom is -0.326 e. The molecule has 3 heteroatoms. The minimum absolute atomic E-state index is 0.179. The van der Waals surface area contributed by atoms with Gasteiger partial charge in [0.2, 0.25) is 5.91 Å². The van der Waals surface area contributed by atoms with Gasteiger partial charge in [-0.25, -0.2) is 0 Å². The summed E-state index contributed by atoms with van der Waals surface area (Å²) >= 11 is 0. The zero-order valence-corrected chi connectivity index (χ0v) is 12.7. The van der Waals surface area contributed by atoms with E-state index in [4.69, 9.17) is 0 Å². The van der Waals surface area contributed by atoms with Crippen LogP contribution in [0.4, 0.5) is 0 Å². The molecule has 1 unspecified atom stereocenters. The number of nitrogens with zero attached hydrogens (tertiary/aromatic N) is 1. The molecule has 0 bridgehead atoms. The Bertz CT molecular complexity index is 297. The van der Waals surface area contributed by atoms with Crippen LogP contribution in [-0.2, 0) is 4.79 Å². The molecular formula is C16H30N2O. The van der Waals surface area contributed by atoms with E-state index in [9.17, 15) is 4.79 Å². The van der Waals surface area contributed by atoms with Crippen LogP contribution >= 0.6 is 0 Å². The summed E-state index contributed by atoms with van der Waals surface area (Å²) in [7, 11) is 0. The molecule has 0 aromatic rings. The number of carbonyl (C=O) groups excluding carboxylic acids is 1. The zero-order valence-electron chi connectivity index (χ0n) is 12.7. The van der Waals surface area contributed by atoms with E-state index in [0.717, 1.165) is 25.8 Å². The average molecular weight is 266 g/mol. The third-order valence-electron chi connectivity index (χ3n) is 4.83. The number of nitrogens with one attached hydrogen (secondary N) is 1. The summed E-state index contributed by atoms with van der Waals surface area (Å²) in [5, 5.41) is 3.57. The Balaban J connectivity index is 1.73. The van der Waals surface area contributed by atoms with Gasteiger partial charge in [0.1, 0.15) is 0 Å². The monoisotopic (exact) mass is 266 g/mol. The molecule has 1 N–H and O–H groups in total. The summed E-state index contributed by atoms with van der Waals surface area (Å²) in [5.41, 5.74) is -0.179. The molecule has 110 valence electrons. The Hall–Kier alpha value is -0.570. The molecule has 3 nitrogen and oxygen atoms in total. The Labute approximate surface area is 118 Å². The highest BCUT2D eigenvalue weighted by molar-refractivity contribution is 5.89. The summed E-state index contributed by atoms with van der Waals surface area (Å²) in [6.45, 7) is 5.33. The summed E-state index contributed by atoms with van der Waals surface area (Å²) in [6.07, 6.45) is 12.5. The van der Waals surface area contributed by atoms with Crippen LogP contribution in [0.2, 0.25) is 0 Å². The van der Waals surface area contributed by atoms with Gasteiger partial charge in [-0.15, -0.1) is 0 Å². The van der Waals surface area contributed by atoms with Crippen molar-refractivity contribution >= 4 is 5.91 Å². The van der Waals surface area contributed by atoms with Crippen molar-refractivity contribution in [1.29, 1.82) is 0 Å². The number of rotatable bonds is 7. The fourth-order valence-corrected chi connectivity index (χ4v) is 3.68. The Morgan fingerprint density at radius 1 is 1.16 bits per heavy atom. The Morgan fingerprint density at radius 3 is 2.47 bits per heavy atom. The van der Waals surface area contributed by atoms with E-state index in [1.54, 1.807) is 0 Å². The van der Waals surface area contributed by atoms with Crippen molar-refractivity contribution in [2.45, 2.75) is 89.8 Å². The van der Waals surface area contributed by atoms with Gasteiger partial charge < -0.3 is 4.90 Å². The van der Waals surface area contributed by atoms with Gasteiger partial charge in [-0.2, -0.15) is 0 Å². The maximum atomic E-state index is 12.6. The Morgan fingerprint density at radius 2 is 1.79 bits per heavy atom. The fraction of sp³-hybridized carbons (Fsp3) is 0.938. The van der Waals surface area contributed by atoms with Crippen LogP contribution in [-0.4, -0.2) is 29.1 Å². The maximum absolute atomic E-state index is 12.6. The van der Waals surface area contributed by atoms with Gasteiger partial charge >= 0.3 is 0 Å². The average Bonchev–Trinajstić information content (AvgIpc) is 2.94. The molecule has 1 aliphatic carbocycles. The predicted molar refractivity (Wildman–Crippen MR) is 78.9 cm³/mol. The fourth-order valence-electron chi connectivity index (χ4n) is 3.68. The molecule has 1 aliphatic heterocycles. The van der Waals surface area contributed by atoms with Crippen molar-refractivity contribution in [2.75, 3.05) is 6.54 Å². The van der Waals surface area contributed by atoms with Crippen molar-refractivity contribution in [3.63, 3.8) is 0 Å². The van der Waals surface area contributed by atoms with Crippen molar-refractivity contribution < 1.29 is 4.79 Å². The SMILES string of the molecule is CCCCCCCCN1C(=O)C2(CCCC2)NC1C. The first-order valence-electron chi connectivity index (χ1n) is 8.28. The van der Waals surface area contributed by atoms with Gasteiger partial charge in [-0.05, 0) is 26.2 Å². The van der Waals surface area contributed by atoms with Crippen LogP contribution in [0.5, 0.6) is 0 Å². The molecule has 2 aliphatic rings. The third kappa shape index (κ3) is 3.31. The number of amides is 1. The third-order valence-corrected chi connectivity index (χ3v) is 4.83. The first-order valence-corrected chi connectivity index (χ1v) is 8.28. The van der Waals surface area contributed by atoms with Gasteiger partial charge in [-0.3, -0.25) is 10.1 Å². The van der Waals surface area contributed by atoms with Gasteiger partial charge in [-0.1, -0.05) is 51.9 Å². The summed E-state index contributed by atoms with van der Waals surface area (Å²) < 4.78 is 0. The molecule has 1 atom stereocenters. The van der Waals surface area contributed by atoms with Crippen molar-refractivity contribution in [1.82, 2.24) is 10.2 Å². The van der Waals surface area contributed by atoms with Crippen molar-refractivity contribution in [3.8, 4) is 0 Å². The number of hydrogen-bond donors (Lipinski definition) is 1. The van der Waals surface area contributed by atoms with Crippen LogP contribution in [0.15, 0.2) is 0 Å². The highest BCUT2D eigenvalue weighted by Gasteiger charge is 2.50. The topological polar surface area (TPSA) is 32.3 Å². The molecule has 1 spiro atoms. The van der Waals surface area contributed by atoms with E-state index < -0.39 is 0 Å². The molecule has 19 heavy (non-hydrogen) atoms. The van der Waals surface area contributed by atoms with Crippen LogP contribution < -0.4 is 5.32 Å². The van der Waals surface area contributed by atoms with E-state index in [-0.39, 0.29) is 11.7 Å². The Kier molecular flexibility index (Phi) is 5.26. The largest absolute Gasteiger partial charge is 0.326 e. The quantitative estimate of drug-likeness (QED) is 0.716. The van der Waals surface area contributed by atoms with Gasteiger partial charge in [0, 0.05) is 6.54 Å². The first-order chi connectivity index (χ1) is 9.19. The zero-order chi connectivity index (χ0) is 13.7. The lowest BCUT2D eigenvalue weighted by molar-refractivity contribution is -0.133. The highest BCUT2D eigenvalue weighted by atomic mass is 16.2. The summed E-state index contributed by atoms with van der Waals surface area (Å²) in [5.74, 6) is 0.381. The van der Waals surface area contributed by atoms with Gasteiger partial charge in [0.15, 0.2) is 0 Å². The second-order valence-corrected chi connectivity index (χ2v) is 6.38. The molecule has 1 amide bonds. The van der Waals surface area contributed by atoms with Crippen molar-refractivity contribution in [2.24, 2.45) is 0 Å². The van der Waals surface area contributed by atoms with E-state index in [1.807, 2.05) is 0 Å². The lowest BCUT2D eigenvalue weighted by Gasteiger charge is -2.22. The molecular weight excluding hydrogens is 236 g/mol. The normalized spacial score (nSPS) is 25.7. The van der Waals surface area contributed by atoms with E-state index in [1.165, 1.54) is 44.9 Å². The smallest absolute Gasteiger partial charge is 0.244 e. The molecule has 0 radical (unpaired) electrons. The molecule has 0 aromatic carbocycles. The standard InChI is InChI=1S/C16H30N2O/c1-3-4-5-6-7-10-13-18-14(2)17-16(15(18)19)11-8-9-12-16/h14,17H,3-13H2,1-2H3. The van der Waals surface area contributed by atoms with Crippen LogP contribution in [0.25, 0.3) is 0 Å². The summed E-state index contributed by atoms with van der Waals surface area (Å²) in [6, 6.07) is 0. The predicted octanol–water partition coefficient (Wildman–Crippen LogP) is 3.44. The maximum Gasteiger partial charge on any atom is 0.244 e. The van der Waals surface area contributed by atoms with Crippen LogP contribution in [0.1, 0.15) is 78.1 Å². The molecule has 1 saturated heterocycles. The molecule has 1 heterocycles.